The Bertz CT molecular complexity index is 736. The van der Waals surface area contributed by atoms with E-state index in [1.165, 1.54) is 212 Å². The number of hydrogen-bond acceptors (Lipinski definition) is 5. The van der Waals surface area contributed by atoms with Gasteiger partial charge in [0.1, 0.15) is 6.10 Å². The summed E-state index contributed by atoms with van der Waals surface area (Å²) in [6.45, 7) is 2.25. The predicted molar refractivity (Wildman–Crippen MR) is 238 cm³/mol. The van der Waals surface area contributed by atoms with E-state index in [-0.39, 0.29) is 12.5 Å². The Labute approximate surface area is 343 Å². The van der Waals surface area contributed by atoms with Gasteiger partial charge in [0.05, 0.1) is 18.8 Å². The molecule has 0 rings (SSSR count). The Balaban J connectivity index is 3.45. The first-order valence-electron chi connectivity index (χ1n) is 24.9. The van der Waals surface area contributed by atoms with Gasteiger partial charge in [-0.05, 0) is 19.3 Å². The Kier molecular flexibility index (Phi) is 45.4. The molecule has 0 bridgehead atoms. The summed E-state index contributed by atoms with van der Waals surface area (Å²) in [4.78, 5) is 12.4. The molecule has 0 unspecified atom stereocenters. The molecule has 3 atom stereocenters. The van der Waals surface area contributed by atoms with Gasteiger partial charge >= 0.3 is 0 Å². The fourth-order valence-corrected chi connectivity index (χ4v) is 8.14. The lowest BCUT2D eigenvalue weighted by Crippen LogP contribution is -2.50. The van der Waals surface area contributed by atoms with Crippen LogP contribution in [0, 0.1) is 0 Å². The average molecular weight is 782 g/mol. The third kappa shape index (κ3) is 41.3. The standard InChI is InChI=1S/C49H99NO5/c1-2-3-4-5-6-7-8-27-30-33-36-39-42-47(53)49(55)46(45-52)50-48(54)43-40-37-34-31-28-25-23-21-19-17-15-13-11-9-10-12-14-16-18-20-22-24-26-29-32-35-38-41-44-51/h46-47,49,51-53,55H,2-45H2,1H3,(H,50,54)/t46-,47+,49-/m0/s1. The van der Waals surface area contributed by atoms with E-state index in [4.69, 9.17) is 5.11 Å². The average Bonchev–Trinajstić information content (AvgIpc) is 3.19. The van der Waals surface area contributed by atoms with Gasteiger partial charge < -0.3 is 25.7 Å². The second kappa shape index (κ2) is 46.0. The topological polar surface area (TPSA) is 110 Å². The number of carbonyl (C=O) groups is 1. The third-order valence-electron chi connectivity index (χ3n) is 12.0. The van der Waals surface area contributed by atoms with Crippen LogP contribution in [-0.2, 0) is 4.79 Å². The molecule has 0 aromatic heterocycles. The summed E-state index contributed by atoms with van der Waals surface area (Å²) in [5.74, 6) is -0.142. The van der Waals surface area contributed by atoms with Crippen molar-refractivity contribution in [2.24, 2.45) is 0 Å². The van der Waals surface area contributed by atoms with Gasteiger partial charge in [-0.2, -0.15) is 0 Å². The maximum absolute atomic E-state index is 12.4. The van der Waals surface area contributed by atoms with Crippen LogP contribution in [0.25, 0.3) is 0 Å². The van der Waals surface area contributed by atoms with Crippen molar-refractivity contribution in [2.75, 3.05) is 13.2 Å². The molecule has 6 nitrogen and oxygen atoms in total. The summed E-state index contributed by atoms with van der Waals surface area (Å²) < 4.78 is 0. The van der Waals surface area contributed by atoms with E-state index in [2.05, 4.69) is 12.2 Å². The maximum Gasteiger partial charge on any atom is 0.220 e. The Morgan fingerprint density at radius 3 is 0.964 bits per heavy atom. The highest BCUT2D eigenvalue weighted by molar-refractivity contribution is 5.76. The molecule has 1 amide bonds. The molecule has 0 saturated carbocycles. The van der Waals surface area contributed by atoms with E-state index >= 15 is 0 Å². The molecule has 55 heavy (non-hydrogen) atoms. The highest BCUT2D eigenvalue weighted by Crippen LogP contribution is 2.18. The van der Waals surface area contributed by atoms with Gasteiger partial charge in [0.15, 0.2) is 0 Å². The second-order valence-electron chi connectivity index (χ2n) is 17.5. The molecule has 0 saturated heterocycles. The predicted octanol–water partition coefficient (Wildman–Crippen LogP) is 13.6. The molecule has 0 fully saturated rings. The van der Waals surface area contributed by atoms with Crippen LogP contribution in [0.15, 0.2) is 0 Å². The molecule has 0 aliphatic heterocycles. The highest BCUT2D eigenvalue weighted by atomic mass is 16.3. The molecule has 5 N–H and O–H groups in total. The van der Waals surface area contributed by atoms with E-state index in [0.29, 0.717) is 19.4 Å². The van der Waals surface area contributed by atoms with Crippen molar-refractivity contribution in [2.45, 2.75) is 295 Å². The zero-order chi connectivity index (χ0) is 40.1. The highest BCUT2D eigenvalue weighted by Gasteiger charge is 2.26. The molecule has 0 aliphatic carbocycles. The van der Waals surface area contributed by atoms with Crippen molar-refractivity contribution >= 4 is 5.91 Å². The molecule has 0 spiro atoms. The molecule has 0 radical (unpaired) electrons. The van der Waals surface area contributed by atoms with E-state index < -0.39 is 18.2 Å². The third-order valence-corrected chi connectivity index (χ3v) is 12.0. The van der Waals surface area contributed by atoms with Crippen LogP contribution in [0.5, 0.6) is 0 Å². The molecule has 0 aromatic rings. The number of unbranched alkanes of at least 4 members (excludes halogenated alkanes) is 38. The van der Waals surface area contributed by atoms with E-state index in [0.717, 1.165) is 44.9 Å². The first kappa shape index (κ1) is 54.3. The van der Waals surface area contributed by atoms with Crippen LogP contribution >= 0.6 is 0 Å². The van der Waals surface area contributed by atoms with Crippen molar-refractivity contribution in [1.29, 1.82) is 0 Å². The minimum atomic E-state index is -1.13. The Morgan fingerprint density at radius 1 is 0.400 bits per heavy atom. The summed E-state index contributed by atoms with van der Waals surface area (Å²) in [5, 5.41) is 42.4. The van der Waals surface area contributed by atoms with E-state index in [1.54, 1.807) is 0 Å². The Morgan fingerprint density at radius 2 is 0.673 bits per heavy atom. The van der Waals surface area contributed by atoms with Crippen molar-refractivity contribution in [1.82, 2.24) is 5.32 Å². The van der Waals surface area contributed by atoms with Gasteiger partial charge in [0.25, 0.3) is 0 Å². The molecule has 330 valence electrons. The van der Waals surface area contributed by atoms with Crippen molar-refractivity contribution in [3.63, 3.8) is 0 Å². The lowest BCUT2D eigenvalue weighted by atomic mass is 9.99. The zero-order valence-electron chi connectivity index (χ0n) is 37.0. The Hall–Kier alpha value is -0.690. The van der Waals surface area contributed by atoms with Crippen LogP contribution < -0.4 is 5.32 Å². The zero-order valence-corrected chi connectivity index (χ0v) is 37.0. The van der Waals surface area contributed by atoms with Crippen LogP contribution in [0.3, 0.4) is 0 Å². The van der Waals surface area contributed by atoms with Crippen LogP contribution in [0.1, 0.15) is 277 Å². The van der Waals surface area contributed by atoms with Crippen molar-refractivity contribution in [3.8, 4) is 0 Å². The van der Waals surface area contributed by atoms with Gasteiger partial charge in [-0.15, -0.1) is 0 Å². The van der Waals surface area contributed by atoms with Gasteiger partial charge in [0, 0.05) is 13.0 Å². The van der Waals surface area contributed by atoms with Crippen LogP contribution in [-0.4, -0.2) is 57.8 Å². The monoisotopic (exact) mass is 782 g/mol. The number of aliphatic hydroxyl groups excluding tert-OH is 4. The first-order chi connectivity index (χ1) is 27.1. The van der Waals surface area contributed by atoms with E-state index in [9.17, 15) is 20.1 Å². The lowest BCUT2D eigenvalue weighted by Gasteiger charge is -2.26. The summed E-state index contributed by atoms with van der Waals surface area (Å²) in [5.41, 5.74) is 0. The largest absolute Gasteiger partial charge is 0.396 e. The molecular weight excluding hydrogens is 683 g/mol. The van der Waals surface area contributed by atoms with Gasteiger partial charge in [-0.3, -0.25) is 4.79 Å². The quantitative estimate of drug-likeness (QED) is 0.0395. The molecular formula is C49H99NO5. The first-order valence-corrected chi connectivity index (χ1v) is 24.9. The fraction of sp³-hybridized carbons (Fsp3) is 0.980. The van der Waals surface area contributed by atoms with Gasteiger partial charge in [-0.1, -0.05) is 251 Å². The number of rotatable bonds is 47. The van der Waals surface area contributed by atoms with Crippen molar-refractivity contribution in [3.05, 3.63) is 0 Å². The summed E-state index contributed by atoms with van der Waals surface area (Å²) in [6.07, 6.45) is 51.1. The number of hydrogen-bond donors (Lipinski definition) is 5. The molecule has 0 heterocycles. The molecule has 0 aliphatic rings. The van der Waals surface area contributed by atoms with Crippen LogP contribution in [0.4, 0.5) is 0 Å². The lowest BCUT2D eigenvalue weighted by molar-refractivity contribution is -0.124. The van der Waals surface area contributed by atoms with Crippen molar-refractivity contribution < 1.29 is 25.2 Å². The summed E-state index contributed by atoms with van der Waals surface area (Å²) >= 11 is 0. The maximum atomic E-state index is 12.4. The number of aliphatic hydroxyl groups is 4. The van der Waals surface area contributed by atoms with E-state index in [1.807, 2.05) is 0 Å². The fourth-order valence-electron chi connectivity index (χ4n) is 8.14. The summed E-state index contributed by atoms with van der Waals surface area (Å²) in [6, 6.07) is -0.806. The minimum absolute atomic E-state index is 0.142. The number of amides is 1. The molecule has 0 aromatic carbocycles. The van der Waals surface area contributed by atoms with Gasteiger partial charge in [-0.25, -0.2) is 0 Å². The summed E-state index contributed by atoms with van der Waals surface area (Å²) in [7, 11) is 0. The molecule has 6 heteroatoms. The number of carbonyl (C=O) groups excluding carboxylic acids is 1. The SMILES string of the molecule is CCCCCCCCCCCCCC[C@@H](O)[C@@H](O)[C@H](CO)NC(=O)CCCCCCCCCCCCCCCCCCCCCCCCCCCCCCO. The van der Waals surface area contributed by atoms with Crippen LogP contribution in [0.2, 0.25) is 0 Å². The van der Waals surface area contributed by atoms with Gasteiger partial charge in [0.2, 0.25) is 5.91 Å². The normalized spacial score (nSPS) is 13.3. The number of nitrogens with one attached hydrogen (secondary N) is 1. The minimum Gasteiger partial charge on any atom is -0.396 e. The smallest absolute Gasteiger partial charge is 0.220 e. The second-order valence-corrected chi connectivity index (χ2v) is 17.5.